The van der Waals surface area contributed by atoms with Gasteiger partial charge in [-0.25, -0.2) is 27.4 Å². The lowest BCUT2D eigenvalue weighted by Crippen LogP contribution is -2.18. The first-order valence-electron chi connectivity index (χ1n) is 6.39. The molecule has 2 N–H and O–H groups in total. The van der Waals surface area contributed by atoms with Crippen LogP contribution in [0, 0.1) is 36.0 Å². The molecule has 1 amide bonds. The Morgan fingerprint density at radius 3 is 2.17 bits per heavy atom. The van der Waals surface area contributed by atoms with Crippen LogP contribution >= 0.6 is 0 Å². The zero-order valence-corrected chi connectivity index (χ0v) is 12.0. The minimum Gasteiger partial charge on any atom is -0.507 e. The van der Waals surface area contributed by atoms with Crippen LogP contribution in [-0.2, 0) is 0 Å². The van der Waals surface area contributed by atoms with Crippen molar-refractivity contribution in [1.29, 1.82) is 0 Å². The maximum atomic E-state index is 13.4. The Morgan fingerprint density at radius 1 is 1.04 bits per heavy atom. The average Bonchev–Trinajstić information content (AvgIpc) is 2.56. The Bertz CT molecular complexity index is 823. The van der Waals surface area contributed by atoms with Gasteiger partial charge in [-0.3, -0.25) is 4.79 Å². The molecule has 2 aromatic rings. The van der Waals surface area contributed by atoms with Crippen molar-refractivity contribution in [2.75, 3.05) is 0 Å². The van der Waals surface area contributed by atoms with Gasteiger partial charge in [-0.1, -0.05) is 12.1 Å². The summed E-state index contributed by atoms with van der Waals surface area (Å²) in [5.41, 5.74) is 0.735. The van der Waals surface area contributed by atoms with Crippen LogP contribution in [0.5, 0.6) is 5.75 Å². The number of para-hydroxylation sites is 1. The Kier molecular flexibility index (Phi) is 4.82. The first-order valence-corrected chi connectivity index (χ1v) is 6.39. The summed E-state index contributed by atoms with van der Waals surface area (Å²) in [7, 11) is 0. The zero-order valence-electron chi connectivity index (χ0n) is 12.0. The molecule has 0 radical (unpaired) electrons. The Morgan fingerprint density at radius 2 is 1.58 bits per heavy atom. The second-order valence-electron chi connectivity index (χ2n) is 4.65. The quantitative estimate of drug-likeness (QED) is 0.295. The number of phenols is 1. The number of benzene rings is 2. The van der Waals surface area contributed by atoms with E-state index >= 15 is 0 Å². The molecule has 0 saturated heterocycles. The lowest BCUT2D eigenvalue weighted by molar-refractivity contribution is 0.0952. The van der Waals surface area contributed by atoms with Gasteiger partial charge in [-0.15, -0.1) is 0 Å². The van der Waals surface area contributed by atoms with Crippen molar-refractivity contribution in [1.82, 2.24) is 5.43 Å². The van der Waals surface area contributed by atoms with Crippen molar-refractivity contribution in [3.63, 3.8) is 0 Å². The molecule has 126 valence electrons. The van der Waals surface area contributed by atoms with Crippen LogP contribution in [0.4, 0.5) is 22.0 Å². The Balaban J connectivity index is 2.27. The summed E-state index contributed by atoms with van der Waals surface area (Å²) < 4.78 is 65.7. The highest BCUT2D eigenvalue weighted by Gasteiger charge is 2.24. The van der Waals surface area contributed by atoms with Gasteiger partial charge < -0.3 is 5.11 Å². The fraction of sp³-hybridized carbons (Fsp3) is 0.0667. The fourth-order valence-electron chi connectivity index (χ4n) is 1.79. The maximum absolute atomic E-state index is 13.4. The SMILES string of the molecule is Cc1cccc(C(=O)NN=Cc2c(F)c(F)c(F)c(F)c2F)c1O. The van der Waals surface area contributed by atoms with Crippen molar-refractivity contribution < 1.29 is 31.9 Å². The van der Waals surface area contributed by atoms with Crippen LogP contribution in [0.25, 0.3) is 0 Å². The molecule has 0 aromatic heterocycles. The molecule has 4 nitrogen and oxygen atoms in total. The van der Waals surface area contributed by atoms with Gasteiger partial charge in [-0.05, 0) is 18.6 Å². The van der Waals surface area contributed by atoms with Crippen LogP contribution in [-0.4, -0.2) is 17.2 Å². The van der Waals surface area contributed by atoms with Gasteiger partial charge >= 0.3 is 0 Å². The first-order chi connectivity index (χ1) is 11.3. The van der Waals surface area contributed by atoms with E-state index < -0.39 is 40.6 Å². The first kappa shape index (κ1) is 17.4. The number of aromatic hydroxyl groups is 1. The summed E-state index contributed by atoms with van der Waals surface area (Å²) in [6.45, 7) is 1.53. The highest BCUT2D eigenvalue weighted by molar-refractivity contribution is 5.97. The van der Waals surface area contributed by atoms with E-state index in [1.54, 1.807) is 0 Å². The second kappa shape index (κ2) is 6.65. The third kappa shape index (κ3) is 3.05. The number of aryl methyl sites for hydroxylation is 1. The van der Waals surface area contributed by atoms with Gasteiger partial charge in [0.1, 0.15) is 5.75 Å². The number of phenolic OH excluding ortho intramolecular Hbond substituents is 1. The highest BCUT2D eigenvalue weighted by Crippen LogP contribution is 2.22. The van der Waals surface area contributed by atoms with E-state index in [0.717, 1.165) is 0 Å². The lowest BCUT2D eigenvalue weighted by atomic mass is 10.1. The molecule has 0 atom stereocenters. The summed E-state index contributed by atoms with van der Waals surface area (Å²) in [4.78, 5) is 11.8. The molecule has 9 heteroatoms. The van der Waals surface area contributed by atoms with Crippen LogP contribution in [0.1, 0.15) is 21.5 Å². The normalized spacial score (nSPS) is 11.1. The Hall–Kier alpha value is -2.97. The van der Waals surface area contributed by atoms with E-state index in [1.165, 1.54) is 25.1 Å². The third-order valence-corrected chi connectivity index (χ3v) is 3.09. The van der Waals surface area contributed by atoms with E-state index in [1.807, 2.05) is 5.43 Å². The molecule has 0 aliphatic heterocycles. The molecule has 0 aliphatic carbocycles. The predicted molar refractivity (Wildman–Crippen MR) is 74.1 cm³/mol. The van der Waals surface area contributed by atoms with E-state index in [0.29, 0.717) is 5.56 Å². The highest BCUT2D eigenvalue weighted by atomic mass is 19.2. The second-order valence-corrected chi connectivity index (χ2v) is 4.65. The van der Waals surface area contributed by atoms with Crippen molar-refractivity contribution in [3.8, 4) is 5.75 Å². The Labute approximate surface area is 132 Å². The molecule has 24 heavy (non-hydrogen) atoms. The van der Waals surface area contributed by atoms with Crippen molar-refractivity contribution in [2.45, 2.75) is 6.92 Å². The standard InChI is InChI=1S/C15H9F5N2O2/c1-6-3-2-4-7(14(6)23)15(24)22-21-5-8-9(16)11(18)13(20)12(19)10(8)17/h2-5,23H,1H3,(H,22,24). The van der Waals surface area contributed by atoms with Crippen LogP contribution in [0.3, 0.4) is 0 Å². The zero-order chi connectivity index (χ0) is 18.0. The van der Waals surface area contributed by atoms with Crippen LogP contribution in [0.15, 0.2) is 23.3 Å². The summed E-state index contributed by atoms with van der Waals surface area (Å²) >= 11 is 0. The number of carbonyl (C=O) groups excluding carboxylic acids is 1. The van der Waals surface area contributed by atoms with Gasteiger partial charge in [0.15, 0.2) is 23.3 Å². The summed E-state index contributed by atoms with van der Waals surface area (Å²) in [5, 5.41) is 12.9. The molecule has 2 rings (SSSR count). The molecule has 0 bridgehead atoms. The van der Waals surface area contributed by atoms with Crippen LogP contribution < -0.4 is 5.43 Å². The molecule has 0 heterocycles. The molecular formula is C15H9F5N2O2. The number of rotatable bonds is 3. The van der Waals surface area contributed by atoms with Crippen molar-refractivity contribution >= 4 is 12.1 Å². The van der Waals surface area contributed by atoms with Crippen molar-refractivity contribution in [2.24, 2.45) is 5.10 Å². The third-order valence-electron chi connectivity index (χ3n) is 3.09. The summed E-state index contributed by atoms with van der Waals surface area (Å²) in [5.74, 6) is -12.0. The van der Waals surface area contributed by atoms with E-state index in [-0.39, 0.29) is 17.5 Å². The topological polar surface area (TPSA) is 61.7 Å². The van der Waals surface area contributed by atoms with Gasteiger partial charge in [0, 0.05) is 0 Å². The lowest BCUT2D eigenvalue weighted by Gasteiger charge is -2.06. The maximum Gasteiger partial charge on any atom is 0.275 e. The molecule has 0 spiro atoms. The number of hydrogen-bond acceptors (Lipinski definition) is 3. The molecule has 0 fully saturated rings. The van der Waals surface area contributed by atoms with Gasteiger partial charge in [-0.2, -0.15) is 5.10 Å². The molecule has 0 aliphatic rings. The molecule has 0 saturated carbocycles. The minimum atomic E-state index is -2.30. The monoisotopic (exact) mass is 344 g/mol. The van der Waals surface area contributed by atoms with Gasteiger partial charge in [0.2, 0.25) is 5.82 Å². The summed E-state index contributed by atoms with van der Waals surface area (Å²) in [6.07, 6.45) is 0.279. The number of hydrogen-bond donors (Lipinski definition) is 2. The van der Waals surface area contributed by atoms with E-state index in [9.17, 15) is 31.9 Å². The largest absolute Gasteiger partial charge is 0.507 e. The number of hydrazone groups is 1. The molecule has 2 aromatic carbocycles. The number of amides is 1. The van der Waals surface area contributed by atoms with E-state index in [2.05, 4.69) is 5.10 Å². The van der Waals surface area contributed by atoms with Gasteiger partial charge in [0.05, 0.1) is 17.3 Å². The number of nitrogens with zero attached hydrogens (tertiary/aromatic N) is 1. The smallest absolute Gasteiger partial charge is 0.275 e. The average molecular weight is 344 g/mol. The van der Waals surface area contributed by atoms with Gasteiger partial charge in [0.25, 0.3) is 5.91 Å². The number of nitrogens with one attached hydrogen (secondary N) is 1. The minimum absolute atomic E-state index is 0.176. The van der Waals surface area contributed by atoms with Crippen molar-refractivity contribution in [3.05, 3.63) is 64.0 Å². The number of halogens is 5. The molecule has 0 unspecified atom stereocenters. The van der Waals surface area contributed by atoms with E-state index in [4.69, 9.17) is 0 Å². The number of carbonyl (C=O) groups is 1. The predicted octanol–water partition coefficient (Wildman–Crippen LogP) is 3.16. The molecular weight excluding hydrogens is 335 g/mol. The fourth-order valence-corrected chi connectivity index (χ4v) is 1.79. The summed E-state index contributed by atoms with van der Waals surface area (Å²) in [6, 6.07) is 4.26. The van der Waals surface area contributed by atoms with Crippen LogP contribution in [0.2, 0.25) is 0 Å².